The molecule has 1 aliphatic carbocycles. The van der Waals surface area contributed by atoms with Crippen LogP contribution in [0.5, 0.6) is 0 Å². The molecule has 0 bridgehead atoms. The number of benzene rings is 1. The first-order valence-electron chi connectivity index (χ1n) is 7.70. The van der Waals surface area contributed by atoms with Gasteiger partial charge in [-0.3, -0.25) is 0 Å². The lowest BCUT2D eigenvalue weighted by Crippen LogP contribution is -2.29. The van der Waals surface area contributed by atoms with Crippen molar-refractivity contribution in [3.8, 4) is 0 Å². The van der Waals surface area contributed by atoms with Crippen LogP contribution in [0.15, 0.2) is 30.3 Å². The maximum atomic E-state index is 3.78. The molecule has 100 valence electrons. The zero-order chi connectivity index (χ0) is 12.6. The van der Waals surface area contributed by atoms with E-state index in [1.54, 1.807) is 0 Å². The van der Waals surface area contributed by atoms with E-state index in [-0.39, 0.29) is 0 Å². The van der Waals surface area contributed by atoms with Gasteiger partial charge in [-0.1, -0.05) is 62.9 Å². The molecule has 1 heteroatoms. The smallest absolute Gasteiger partial charge is 0.0348 e. The summed E-state index contributed by atoms with van der Waals surface area (Å²) in [5, 5.41) is 3.78. The summed E-state index contributed by atoms with van der Waals surface area (Å²) in [4.78, 5) is 0. The molecule has 1 saturated carbocycles. The molecule has 18 heavy (non-hydrogen) atoms. The first kappa shape index (κ1) is 13.6. The zero-order valence-electron chi connectivity index (χ0n) is 11.7. The van der Waals surface area contributed by atoms with E-state index < -0.39 is 0 Å². The Morgan fingerprint density at radius 1 is 1.06 bits per heavy atom. The van der Waals surface area contributed by atoms with Crippen LogP contribution in [0.2, 0.25) is 0 Å². The lowest BCUT2D eigenvalue weighted by Gasteiger charge is -2.28. The van der Waals surface area contributed by atoms with Crippen molar-refractivity contribution < 1.29 is 0 Å². The first-order valence-corrected chi connectivity index (χ1v) is 7.70. The summed E-state index contributed by atoms with van der Waals surface area (Å²) in [5.41, 5.74) is 1.48. The van der Waals surface area contributed by atoms with Crippen molar-refractivity contribution in [2.45, 2.75) is 57.9 Å². The van der Waals surface area contributed by atoms with Crippen LogP contribution < -0.4 is 5.32 Å². The minimum absolute atomic E-state index is 0.573. The van der Waals surface area contributed by atoms with Crippen LogP contribution in [0.3, 0.4) is 0 Å². The van der Waals surface area contributed by atoms with Crippen molar-refractivity contribution in [3.63, 3.8) is 0 Å². The third-order valence-corrected chi connectivity index (χ3v) is 4.14. The number of hydrogen-bond donors (Lipinski definition) is 1. The third-order valence-electron chi connectivity index (χ3n) is 4.14. The Balaban J connectivity index is 2.08. The molecule has 1 aliphatic rings. The Bertz CT molecular complexity index is 312. The second kappa shape index (κ2) is 7.58. The topological polar surface area (TPSA) is 12.0 Å². The fourth-order valence-electron chi connectivity index (χ4n) is 3.16. The van der Waals surface area contributed by atoms with Gasteiger partial charge in [-0.05, 0) is 37.3 Å². The predicted octanol–water partition coefficient (Wildman–Crippen LogP) is 4.70. The van der Waals surface area contributed by atoms with Gasteiger partial charge in [0.2, 0.25) is 0 Å². The van der Waals surface area contributed by atoms with Gasteiger partial charge in [-0.25, -0.2) is 0 Å². The minimum Gasteiger partial charge on any atom is -0.310 e. The highest BCUT2D eigenvalue weighted by Gasteiger charge is 2.23. The van der Waals surface area contributed by atoms with Crippen LogP contribution in [-0.4, -0.2) is 6.54 Å². The second-order valence-electron chi connectivity index (χ2n) is 5.59. The Morgan fingerprint density at radius 2 is 1.72 bits per heavy atom. The fourth-order valence-corrected chi connectivity index (χ4v) is 3.16. The summed E-state index contributed by atoms with van der Waals surface area (Å²) in [6, 6.07) is 11.6. The van der Waals surface area contributed by atoms with Gasteiger partial charge in [0.1, 0.15) is 0 Å². The molecule has 2 rings (SSSR count). The highest BCUT2D eigenvalue weighted by atomic mass is 14.9. The highest BCUT2D eigenvalue weighted by molar-refractivity contribution is 5.19. The monoisotopic (exact) mass is 245 g/mol. The summed E-state index contributed by atoms with van der Waals surface area (Å²) < 4.78 is 0. The summed E-state index contributed by atoms with van der Waals surface area (Å²) in [7, 11) is 0. The standard InChI is InChI=1S/C17H27N/c1-2-14-18-17(16-12-8-5-9-13-16)15-10-6-3-4-7-11-15/h5,8-9,12-13,15,17-18H,2-4,6-7,10-11,14H2,1H3. The van der Waals surface area contributed by atoms with Crippen molar-refractivity contribution in [2.75, 3.05) is 6.54 Å². The van der Waals surface area contributed by atoms with Gasteiger partial charge in [0.15, 0.2) is 0 Å². The van der Waals surface area contributed by atoms with Gasteiger partial charge >= 0.3 is 0 Å². The Hall–Kier alpha value is -0.820. The van der Waals surface area contributed by atoms with Crippen molar-refractivity contribution in [2.24, 2.45) is 5.92 Å². The molecular formula is C17H27N. The van der Waals surface area contributed by atoms with Crippen LogP contribution >= 0.6 is 0 Å². The van der Waals surface area contributed by atoms with E-state index >= 15 is 0 Å². The number of nitrogens with one attached hydrogen (secondary N) is 1. The second-order valence-corrected chi connectivity index (χ2v) is 5.59. The molecule has 1 fully saturated rings. The van der Waals surface area contributed by atoms with Gasteiger partial charge in [0.25, 0.3) is 0 Å². The molecule has 1 atom stereocenters. The largest absolute Gasteiger partial charge is 0.310 e. The van der Waals surface area contributed by atoms with E-state index in [0.717, 1.165) is 12.5 Å². The molecule has 1 unspecified atom stereocenters. The maximum Gasteiger partial charge on any atom is 0.0348 e. The summed E-state index contributed by atoms with van der Waals surface area (Å²) in [6.45, 7) is 3.39. The normalized spacial score (nSPS) is 19.4. The molecule has 1 aromatic rings. The molecule has 0 aromatic heterocycles. The van der Waals surface area contributed by atoms with E-state index in [9.17, 15) is 0 Å². The number of rotatable bonds is 5. The molecule has 1 N–H and O–H groups in total. The molecule has 0 amide bonds. The van der Waals surface area contributed by atoms with Gasteiger partial charge < -0.3 is 5.32 Å². The van der Waals surface area contributed by atoms with Crippen LogP contribution in [0.1, 0.15) is 63.5 Å². The Labute approximate surface area is 112 Å². The van der Waals surface area contributed by atoms with Crippen molar-refractivity contribution in [1.29, 1.82) is 0 Å². The lowest BCUT2D eigenvalue weighted by molar-refractivity contribution is 0.326. The van der Waals surface area contributed by atoms with Crippen LogP contribution in [0.4, 0.5) is 0 Å². The molecule has 0 heterocycles. The number of hydrogen-bond acceptors (Lipinski definition) is 1. The van der Waals surface area contributed by atoms with Crippen molar-refractivity contribution >= 4 is 0 Å². The van der Waals surface area contributed by atoms with Gasteiger partial charge in [0, 0.05) is 6.04 Å². The van der Waals surface area contributed by atoms with Crippen molar-refractivity contribution in [3.05, 3.63) is 35.9 Å². The molecule has 1 nitrogen and oxygen atoms in total. The van der Waals surface area contributed by atoms with Crippen LogP contribution in [0.25, 0.3) is 0 Å². The van der Waals surface area contributed by atoms with E-state index in [1.807, 2.05) is 0 Å². The molecule has 0 radical (unpaired) electrons. The fraction of sp³-hybridized carbons (Fsp3) is 0.647. The Morgan fingerprint density at radius 3 is 2.33 bits per heavy atom. The summed E-state index contributed by atoms with van der Waals surface area (Å²) >= 11 is 0. The van der Waals surface area contributed by atoms with E-state index in [2.05, 4.69) is 42.6 Å². The first-order chi connectivity index (χ1) is 8.92. The van der Waals surface area contributed by atoms with Gasteiger partial charge in [-0.15, -0.1) is 0 Å². The van der Waals surface area contributed by atoms with Crippen molar-refractivity contribution in [1.82, 2.24) is 5.32 Å². The minimum atomic E-state index is 0.573. The molecule has 0 spiro atoms. The average molecular weight is 245 g/mol. The van der Waals surface area contributed by atoms with E-state index in [1.165, 1.54) is 50.5 Å². The SMILES string of the molecule is CCCNC(c1ccccc1)C1CCCCCC1. The predicted molar refractivity (Wildman–Crippen MR) is 78.7 cm³/mol. The maximum absolute atomic E-state index is 3.78. The zero-order valence-corrected chi connectivity index (χ0v) is 11.7. The summed E-state index contributed by atoms with van der Waals surface area (Å²) in [6.07, 6.45) is 9.73. The lowest BCUT2D eigenvalue weighted by atomic mass is 9.87. The molecule has 0 aliphatic heterocycles. The van der Waals surface area contributed by atoms with Crippen LogP contribution in [0, 0.1) is 5.92 Å². The highest BCUT2D eigenvalue weighted by Crippen LogP contribution is 2.33. The average Bonchev–Trinajstić information content (AvgIpc) is 2.70. The molecular weight excluding hydrogens is 218 g/mol. The quantitative estimate of drug-likeness (QED) is 0.742. The van der Waals surface area contributed by atoms with Gasteiger partial charge in [-0.2, -0.15) is 0 Å². The Kier molecular flexibility index (Phi) is 5.73. The van der Waals surface area contributed by atoms with E-state index in [4.69, 9.17) is 0 Å². The summed E-state index contributed by atoms with van der Waals surface area (Å²) in [5.74, 6) is 0.835. The molecule has 1 aromatic carbocycles. The molecule has 0 saturated heterocycles. The van der Waals surface area contributed by atoms with Gasteiger partial charge in [0.05, 0.1) is 0 Å². The van der Waals surface area contributed by atoms with E-state index in [0.29, 0.717) is 6.04 Å². The van der Waals surface area contributed by atoms with Crippen LogP contribution in [-0.2, 0) is 0 Å². The third kappa shape index (κ3) is 3.84.